The van der Waals surface area contributed by atoms with Crippen LogP contribution < -0.4 is 10.1 Å². The molecule has 2 aromatic carbocycles. The Morgan fingerprint density at radius 1 is 1.08 bits per heavy atom. The second-order valence-electron chi connectivity index (χ2n) is 5.74. The van der Waals surface area contributed by atoms with E-state index in [1.54, 1.807) is 7.11 Å². The van der Waals surface area contributed by atoms with Gasteiger partial charge in [0.1, 0.15) is 5.75 Å². The Labute approximate surface area is 144 Å². The normalized spacial score (nSPS) is 10.6. The minimum atomic E-state index is 0.0654. The minimum absolute atomic E-state index is 0.0654. The number of amides is 1. The Hall–Kier alpha value is -2.33. The molecule has 0 saturated heterocycles. The third kappa shape index (κ3) is 6.05. The van der Waals surface area contributed by atoms with Crippen molar-refractivity contribution in [1.82, 2.24) is 10.2 Å². The van der Waals surface area contributed by atoms with Gasteiger partial charge in [0, 0.05) is 13.1 Å². The van der Waals surface area contributed by atoms with Gasteiger partial charge in [0.15, 0.2) is 0 Å². The highest BCUT2D eigenvalue weighted by atomic mass is 16.5. The summed E-state index contributed by atoms with van der Waals surface area (Å²) < 4.78 is 5.21. The van der Waals surface area contributed by atoms with E-state index in [2.05, 4.69) is 29.3 Å². The first-order valence-corrected chi connectivity index (χ1v) is 8.37. The van der Waals surface area contributed by atoms with Crippen LogP contribution in [0.2, 0.25) is 0 Å². The summed E-state index contributed by atoms with van der Waals surface area (Å²) in [5.74, 6) is 0.912. The number of carbonyl (C=O) groups excluding carboxylic acids is 1. The molecule has 24 heavy (non-hydrogen) atoms. The van der Waals surface area contributed by atoms with E-state index in [1.165, 1.54) is 5.56 Å². The van der Waals surface area contributed by atoms with Crippen LogP contribution in [0.25, 0.3) is 0 Å². The van der Waals surface area contributed by atoms with E-state index >= 15 is 0 Å². The third-order valence-electron chi connectivity index (χ3n) is 3.93. The number of benzene rings is 2. The van der Waals surface area contributed by atoms with E-state index in [0.29, 0.717) is 13.1 Å². The van der Waals surface area contributed by atoms with Crippen molar-refractivity contribution in [3.63, 3.8) is 0 Å². The van der Waals surface area contributed by atoms with E-state index in [1.807, 2.05) is 42.5 Å². The highest BCUT2D eigenvalue weighted by Gasteiger charge is 2.09. The van der Waals surface area contributed by atoms with Crippen molar-refractivity contribution >= 4 is 5.91 Å². The maximum atomic E-state index is 12.1. The molecular weight excluding hydrogens is 300 g/mol. The van der Waals surface area contributed by atoms with Crippen LogP contribution in [-0.2, 0) is 17.8 Å². The molecule has 0 unspecified atom stereocenters. The first-order chi connectivity index (χ1) is 11.7. The van der Waals surface area contributed by atoms with Crippen molar-refractivity contribution in [3.8, 4) is 5.75 Å². The zero-order chi connectivity index (χ0) is 17.2. The number of hydrogen-bond donors (Lipinski definition) is 1. The molecule has 0 spiro atoms. The van der Waals surface area contributed by atoms with Gasteiger partial charge in [0.2, 0.25) is 5.91 Å². The molecule has 1 N–H and O–H groups in total. The van der Waals surface area contributed by atoms with Crippen LogP contribution in [0.15, 0.2) is 54.6 Å². The predicted molar refractivity (Wildman–Crippen MR) is 97.1 cm³/mol. The van der Waals surface area contributed by atoms with E-state index in [0.717, 1.165) is 30.8 Å². The topological polar surface area (TPSA) is 41.6 Å². The van der Waals surface area contributed by atoms with Gasteiger partial charge in [0.05, 0.1) is 13.7 Å². The molecule has 0 fully saturated rings. The molecule has 0 bridgehead atoms. The Morgan fingerprint density at radius 3 is 2.54 bits per heavy atom. The fraction of sp³-hybridized carbons (Fsp3) is 0.350. The van der Waals surface area contributed by atoms with Gasteiger partial charge in [-0.15, -0.1) is 0 Å². The number of ether oxygens (including phenoxy) is 1. The van der Waals surface area contributed by atoms with Crippen molar-refractivity contribution in [2.45, 2.75) is 19.9 Å². The third-order valence-corrected chi connectivity index (χ3v) is 3.93. The van der Waals surface area contributed by atoms with Gasteiger partial charge < -0.3 is 10.1 Å². The second kappa shape index (κ2) is 9.73. The van der Waals surface area contributed by atoms with Crippen LogP contribution in [0.5, 0.6) is 5.75 Å². The summed E-state index contributed by atoms with van der Waals surface area (Å²) in [5, 5.41) is 3.00. The van der Waals surface area contributed by atoms with Crippen molar-refractivity contribution in [1.29, 1.82) is 0 Å². The highest BCUT2D eigenvalue weighted by molar-refractivity contribution is 5.78. The highest BCUT2D eigenvalue weighted by Crippen LogP contribution is 2.12. The summed E-state index contributed by atoms with van der Waals surface area (Å²) in [6.45, 7) is 4.77. The number of methoxy groups -OCH3 is 1. The molecule has 128 valence electrons. The lowest BCUT2D eigenvalue weighted by atomic mass is 10.1. The minimum Gasteiger partial charge on any atom is -0.497 e. The molecule has 2 rings (SSSR count). The van der Waals surface area contributed by atoms with E-state index in [9.17, 15) is 4.79 Å². The number of likely N-dealkylation sites (N-methyl/N-ethyl adjacent to an activating group) is 1. The molecule has 2 aromatic rings. The van der Waals surface area contributed by atoms with Gasteiger partial charge >= 0.3 is 0 Å². The zero-order valence-electron chi connectivity index (χ0n) is 14.5. The first-order valence-electron chi connectivity index (χ1n) is 8.37. The average molecular weight is 326 g/mol. The van der Waals surface area contributed by atoms with Gasteiger partial charge in [-0.25, -0.2) is 0 Å². The Morgan fingerprint density at radius 2 is 1.83 bits per heavy atom. The van der Waals surface area contributed by atoms with E-state index in [-0.39, 0.29) is 5.91 Å². The molecule has 0 aliphatic rings. The number of rotatable bonds is 9. The van der Waals surface area contributed by atoms with Crippen LogP contribution >= 0.6 is 0 Å². The molecule has 4 nitrogen and oxygen atoms in total. The molecule has 4 heteroatoms. The quantitative estimate of drug-likeness (QED) is 0.770. The zero-order valence-corrected chi connectivity index (χ0v) is 14.5. The van der Waals surface area contributed by atoms with Gasteiger partial charge in [-0.1, -0.05) is 49.4 Å². The van der Waals surface area contributed by atoms with Crippen LogP contribution in [0, 0.1) is 0 Å². The molecule has 0 heterocycles. The summed E-state index contributed by atoms with van der Waals surface area (Å²) in [6, 6.07) is 18.2. The number of nitrogens with one attached hydrogen (secondary N) is 1. The van der Waals surface area contributed by atoms with Gasteiger partial charge in [-0.2, -0.15) is 0 Å². The van der Waals surface area contributed by atoms with E-state index < -0.39 is 0 Å². The van der Waals surface area contributed by atoms with Crippen molar-refractivity contribution in [2.24, 2.45) is 0 Å². The standard InChI is InChI=1S/C20H26N2O2/c1-3-22(15-18-8-5-4-6-9-18)16-20(23)21-13-12-17-10-7-11-19(14-17)24-2/h4-11,14H,3,12-13,15-16H2,1-2H3,(H,21,23). The molecule has 0 aromatic heterocycles. The van der Waals surface area contributed by atoms with Gasteiger partial charge in [0.25, 0.3) is 0 Å². The second-order valence-corrected chi connectivity index (χ2v) is 5.74. The first kappa shape index (κ1) is 18.0. The molecule has 0 aliphatic heterocycles. The summed E-state index contributed by atoms with van der Waals surface area (Å²) in [5.41, 5.74) is 2.38. The molecule has 1 amide bonds. The van der Waals surface area contributed by atoms with Gasteiger partial charge in [-0.05, 0) is 36.2 Å². The lowest BCUT2D eigenvalue weighted by molar-refractivity contribution is -0.122. The summed E-state index contributed by atoms with van der Waals surface area (Å²) in [6.07, 6.45) is 0.799. The predicted octanol–water partition coefficient (Wildman–Crippen LogP) is 2.88. The van der Waals surface area contributed by atoms with Crippen LogP contribution in [-0.4, -0.2) is 37.6 Å². The SMILES string of the molecule is CCN(CC(=O)NCCc1cccc(OC)c1)Cc1ccccc1. The lowest BCUT2D eigenvalue weighted by Gasteiger charge is -2.20. The smallest absolute Gasteiger partial charge is 0.234 e. The molecule has 0 radical (unpaired) electrons. The maximum Gasteiger partial charge on any atom is 0.234 e. The van der Waals surface area contributed by atoms with Crippen LogP contribution in [0.4, 0.5) is 0 Å². The molecular formula is C20H26N2O2. The monoisotopic (exact) mass is 326 g/mol. The summed E-state index contributed by atoms with van der Waals surface area (Å²) in [4.78, 5) is 14.3. The van der Waals surface area contributed by atoms with E-state index in [4.69, 9.17) is 4.74 Å². The summed E-state index contributed by atoms with van der Waals surface area (Å²) in [7, 11) is 1.66. The number of hydrogen-bond acceptors (Lipinski definition) is 3. The fourth-order valence-corrected chi connectivity index (χ4v) is 2.55. The average Bonchev–Trinajstić information content (AvgIpc) is 2.62. The van der Waals surface area contributed by atoms with Crippen LogP contribution in [0.1, 0.15) is 18.1 Å². The number of nitrogens with zero attached hydrogens (tertiary/aromatic N) is 1. The largest absolute Gasteiger partial charge is 0.497 e. The lowest BCUT2D eigenvalue weighted by Crippen LogP contribution is -2.37. The Kier molecular flexibility index (Phi) is 7.30. The molecule has 0 aliphatic carbocycles. The Bertz CT molecular complexity index is 629. The van der Waals surface area contributed by atoms with Crippen molar-refractivity contribution < 1.29 is 9.53 Å². The molecule has 0 saturated carbocycles. The van der Waals surface area contributed by atoms with Crippen LogP contribution in [0.3, 0.4) is 0 Å². The maximum absolute atomic E-state index is 12.1. The summed E-state index contributed by atoms with van der Waals surface area (Å²) >= 11 is 0. The van der Waals surface area contributed by atoms with Gasteiger partial charge in [-0.3, -0.25) is 9.69 Å². The van der Waals surface area contributed by atoms with Crippen molar-refractivity contribution in [2.75, 3.05) is 26.7 Å². The fourth-order valence-electron chi connectivity index (χ4n) is 2.55. The van der Waals surface area contributed by atoms with Crippen molar-refractivity contribution in [3.05, 3.63) is 65.7 Å². The molecule has 0 atom stereocenters. The Balaban J connectivity index is 1.75. The number of carbonyl (C=O) groups is 1.